The van der Waals surface area contributed by atoms with E-state index < -0.39 is 23.6 Å². The second-order valence-electron chi connectivity index (χ2n) is 5.66. The van der Waals surface area contributed by atoms with E-state index in [9.17, 15) is 18.0 Å². The standard InChI is InChI=1S/C16H10F3N7O2/c17-16(18,19)28-7-3-4-10-9(6-7)11(24-25-15(20)21)13-23-12-8(2-1-5-22-12)14(27)26(10)13/h1-6H,(H4,20,21,25)/b24-11+. The van der Waals surface area contributed by atoms with Gasteiger partial charge in [0.15, 0.2) is 11.5 Å². The average molecular weight is 389 g/mol. The van der Waals surface area contributed by atoms with E-state index in [1.807, 2.05) is 0 Å². The minimum atomic E-state index is -4.89. The maximum absolute atomic E-state index is 12.9. The smallest absolute Gasteiger partial charge is 0.406 e. The maximum atomic E-state index is 12.9. The van der Waals surface area contributed by atoms with Gasteiger partial charge >= 0.3 is 6.36 Å². The van der Waals surface area contributed by atoms with Crippen LogP contribution in [0.1, 0.15) is 11.4 Å². The molecule has 0 atom stereocenters. The van der Waals surface area contributed by atoms with Crippen molar-refractivity contribution in [2.24, 2.45) is 10.8 Å². The summed E-state index contributed by atoms with van der Waals surface area (Å²) in [6.07, 6.45) is -3.43. The first kappa shape index (κ1) is 17.5. The SMILES string of the molecule is N=C(N)N/N=C1\c2cc(OC(F)(F)F)ccc2-n2c1nc1ncccc1c2=O. The number of nitrogens with one attached hydrogen (secondary N) is 2. The number of hydrogen-bond acceptors (Lipinski definition) is 6. The van der Waals surface area contributed by atoms with Crippen molar-refractivity contribution in [1.82, 2.24) is 20.0 Å². The summed E-state index contributed by atoms with van der Waals surface area (Å²) in [5.74, 6) is -0.953. The Morgan fingerprint density at radius 1 is 1.32 bits per heavy atom. The third-order valence-electron chi connectivity index (χ3n) is 3.84. The molecule has 1 aliphatic heterocycles. The number of ether oxygens (including phenoxy) is 1. The lowest BCUT2D eigenvalue weighted by molar-refractivity contribution is -0.274. The van der Waals surface area contributed by atoms with Gasteiger partial charge in [0.05, 0.1) is 11.1 Å². The molecule has 9 nitrogen and oxygen atoms in total. The molecule has 4 rings (SSSR count). The van der Waals surface area contributed by atoms with E-state index in [0.717, 1.165) is 12.1 Å². The number of nitrogens with zero attached hydrogens (tertiary/aromatic N) is 4. The zero-order valence-electron chi connectivity index (χ0n) is 13.8. The van der Waals surface area contributed by atoms with Crippen molar-refractivity contribution in [2.45, 2.75) is 6.36 Å². The molecule has 142 valence electrons. The van der Waals surface area contributed by atoms with E-state index in [4.69, 9.17) is 11.1 Å². The van der Waals surface area contributed by atoms with Crippen LogP contribution >= 0.6 is 0 Å². The lowest BCUT2D eigenvalue weighted by Gasteiger charge is -2.10. The molecule has 12 heteroatoms. The predicted molar refractivity (Wildman–Crippen MR) is 92.5 cm³/mol. The number of halogens is 3. The van der Waals surface area contributed by atoms with Gasteiger partial charge in [0.2, 0.25) is 5.96 Å². The molecule has 0 spiro atoms. The highest BCUT2D eigenvalue weighted by molar-refractivity contribution is 6.17. The average Bonchev–Trinajstić information content (AvgIpc) is 2.91. The number of fused-ring (bicyclic) bond motifs is 4. The summed E-state index contributed by atoms with van der Waals surface area (Å²) < 4.78 is 42.9. The molecule has 28 heavy (non-hydrogen) atoms. The molecule has 0 amide bonds. The Hall–Kier alpha value is -3.96. The normalized spacial score (nSPS) is 14.0. The number of aromatic nitrogens is 3. The van der Waals surface area contributed by atoms with Crippen LogP contribution in [0.5, 0.6) is 5.75 Å². The third kappa shape index (κ3) is 2.90. The van der Waals surface area contributed by atoms with Gasteiger partial charge in [-0.3, -0.25) is 14.8 Å². The Balaban J connectivity index is 1.98. The Kier molecular flexibility index (Phi) is 3.77. The van der Waals surface area contributed by atoms with Crippen molar-refractivity contribution in [1.29, 1.82) is 5.41 Å². The minimum Gasteiger partial charge on any atom is -0.406 e. The molecule has 0 saturated carbocycles. The summed E-state index contributed by atoms with van der Waals surface area (Å²) in [5, 5.41) is 11.4. The number of benzene rings is 1. The van der Waals surface area contributed by atoms with Gasteiger partial charge in [-0.25, -0.2) is 15.4 Å². The van der Waals surface area contributed by atoms with E-state index in [0.29, 0.717) is 0 Å². The monoisotopic (exact) mass is 389 g/mol. The molecule has 2 aromatic heterocycles. The maximum Gasteiger partial charge on any atom is 0.573 e. The second-order valence-corrected chi connectivity index (χ2v) is 5.66. The van der Waals surface area contributed by atoms with E-state index in [1.54, 1.807) is 6.07 Å². The lowest BCUT2D eigenvalue weighted by atomic mass is 10.1. The van der Waals surface area contributed by atoms with Crippen molar-refractivity contribution in [2.75, 3.05) is 0 Å². The van der Waals surface area contributed by atoms with Crippen LogP contribution in [0, 0.1) is 5.41 Å². The van der Waals surface area contributed by atoms with Gasteiger partial charge in [-0.1, -0.05) is 0 Å². The first-order valence-electron chi connectivity index (χ1n) is 7.71. The molecule has 3 heterocycles. The molecule has 0 saturated heterocycles. The quantitative estimate of drug-likeness (QED) is 0.268. The van der Waals surface area contributed by atoms with E-state index in [2.05, 4.69) is 25.2 Å². The summed E-state index contributed by atoms with van der Waals surface area (Å²) in [6.45, 7) is 0. The van der Waals surface area contributed by atoms with Gasteiger partial charge in [0.25, 0.3) is 5.56 Å². The number of guanidine groups is 1. The molecule has 3 aromatic rings. The predicted octanol–water partition coefficient (Wildman–Crippen LogP) is 1.23. The van der Waals surface area contributed by atoms with Crippen LogP contribution < -0.4 is 21.5 Å². The van der Waals surface area contributed by atoms with Gasteiger partial charge in [0.1, 0.15) is 11.5 Å². The van der Waals surface area contributed by atoms with E-state index in [-0.39, 0.29) is 33.8 Å². The van der Waals surface area contributed by atoms with Crippen LogP contribution in [0.2, 0.25) is 0 Å². The molecule has 0 aliphatic carbocycles. The molecule has 0 fully saturated rings. The Morgan fingerprint density at radius 3 is 2.82 bits per heavy atom. The zero-order chi connectivity index (χ0) is 20.1. The van der Waals surface area contributed by atoms with Crippen molar-refractivity contribution >= 4 is 22.7 Å². The van der Waals surface area contributed by atoms with Crippen LogP contribution in [-0.4, -0.2) is 32.6 Å². The van der Waals surface area contributed by atoms with Crippen molar-refractivity contribution < 1.29 is 17.9 Å². The van der Waals surface area contributed by atoms with Gasteiger partial charge < -0.3 is 10.5 Å². The van der Waals surface area contributed by atoms with Crippen LogP contribution in [0.25, 0.3) is 16.7 Å². The van der Waals surface area contributed by atoms with Crippen molar-refractivity contribution in [3.05, 3.63) is 58.3 Å². The number of nitrogens with two attached hydrogens (primary N) is 1. The summed E-state index contributed by atoms with van der Waals surface area (Å²) in [6, 6.07) is 6.56. The molecule has 1 aliphatic rings. The van der Waals surface area contributed by atoms with E-state index >= 15 is 0 Å². The number of hydrazone groups is 1. The molecular weight excluding hydrogens is 379 g/mol. The Labute approximate surface area is 153 Å². The fourth-order valence-corrected chi connectivity index (χ4v) is 2.85. The molecular formula is C16H10F3N7O2. The number of pyridine rings is 1. The van der Waals surface area contributed by atoms with Crippen LogP contribution in [0.4, 0.5) is 13.2 Å². The summed E-state index contributed by atoms with van der Waals surface area (Å²) in [4.78, 5) is 21.2. The molecule has 0 unspecified atom stereocenters. The van der Waals surface area contributed by atoms with E-state index in [1.165, 1.54) is 22.9 Å². The molecule has 0 bridgehead atoms. The van der Waals surface area contributed by atoms with Crippen LogP contribution in [0.15, 0.2) is 46.4 Å². The number of alkyl halides is 3. The molecule has 1 aromatic carbocycles. The van der Waals surface area contributed by atoms with Crippen LogP contribution in [0.3, 0.4) is 0 Å². The van der Waals surface area contributed by atoms with Crippen molar-refractivity contribution in [3.63, 3.8) is 0 Å². The van der Waals surface area contributed by atoms with Gasteiger partial charge in [0, 0.05) is 11.8 Å². The number of hydrogen-bond donors (Lipinski definition) is 3. The Morgan fingerprint density at radius 2 is 2.11 bits per heavy atom. The van der Waals surface area contributed by atoms with Gasteiger partial charge in [-0.15, -0.1) is 13.2 Å². The summed E-state index contributed by atoms with van der Waals surface area (Å²) >= 11 is 0. The second kappa shape index (κ2) is 6.04. The first-order chi connectivity index (χ1) is 13.2. The summed E-state index contributed by atoms with van der Waals surface area (Å²) in [5.41, 5.74) is 7.56. The lowest BCUT2D eigenvalue weighted by Crippen LogP contribution is -2.28. The Bertz CT molecular complexity index is 1220. The minimum absolute atomic E-state index is 0.0162. The largest absolute Gasteiger partial charge is 0.573 e. The summed E-state index contributed by atoms with van der Waals surface area (Å²) in [7, 11) is 0. The third-order valence-corrected chi connectivity index (χ3v) is 3.84. The highest BCUT2D eigenvalue weighted by Gasteiger charge is 2.34. The fraction of sp³-hybridized carbons (Fsp3) is 0.0625. The fourth-order valence-electron chi connectivity index (χ4n) is 2.85. The van der Waals surface area contributed by atoms with Crippen LogP contribution in [-0.2, 0) is 0 Å². The van der Waals surface area contributed by atoms with Gasteiger partial charge in [-0.05, 0) is 30.3 Å². The number of rotatable bonds is 2. The highest BCUT2D eigenvalue weighted by atomic mass is 19.4. The molecule has 0 radical (unpaired) electrons. The topological polar surface area (TPSA) is 131 Å². The van der Waals surface area contributed by atoms with Gasteiger partial charge in [-0.2, -0.15) is 5.10 Å². The first-order valence-corrected chi connectivity index (χ1v) is 7.71. The molecule has 4 N–H and O–H groups in total. The zero-order valence-corrected chi connectivity index (χ0v) is 13.8. The van der Waals surface area contributed by atoms with Crippen molar-refractivity contribution in [3.8, 4) is 11.4 Å². The highest BCUT2D eigenvalue weighted by Crippen LogP contribution is 2.32.